The molecule has 1 fully saturated rings. The molecule has 6 nitrogen and oxygen atoms in total. The van der Waals surface area contributed by atoms with E-state index in [1.807, 2.05) is 10.9 Å². The molecule has 0 saturated heterocycles. The van der Waals surface area contributed by atoms with Crippen molar-refractivity contribution in [3.8, 4) is 0 Å². The third-order valence-corrected chi connectivity index (χ3v) is 3.40. The van der Waals surface area contributed by atoms with Crippen LogP contribution in [0.3, 0.4) is 0 Å². The molecule has 1 amide bonds. The summed E-state index contributed by atoms with van der Waals surface area (Å²) in [4.78, 5) is 22.4. The third-order valence-electron chi connectivity index (χ3n) is 3.40. The van der Waals surface area contributed by atoms with Crippen molar-refractivity contribution in [1.29, 1.82) is 0 Å². The fourth-order valence-electron chi connectivity index (χ4n) is 2.44. The van der Waals surface area contributed by atoms with Crippen LogP contribution in [0, 0.1) is 0 Å². The van der Waals surface area contributed by atoms with Gasteiger partial charge in [-0.2, -0.15) is 5.10 Å². The Balaban J connectivity index is 1.94. The van der Waals surface area contributed by atoms with E-state index in [1.165, 1.54) is 12.8 Å². The molecule has 1 unspecified atom stereocenters. The van der Waals surface area contributed by atoms with Crippen molar-refractivity contribution in [1.82, 2.24) is 15.1 Å². The number of hydrogen-bond donors (Lipinski definition) is 2. The van der Waals surface area contributed by atoms with Crippen LogP contribution in [0.1, 0.15) is 55.6 Å². The molecule has 1 aromatic heterocycles. The first kappa shape index (κ1) is 13.6. The molecule has 0 radical (unpaired) electrons. The Morgan fingerprint density at radius 1 is 1.53 bits per heavy atom. The summed E-state index contributed by atoms with van der Waals surface area (Å²) in [5, 5.41) is 15.6. The quantitative estimate of drug-likeness (QED) is 0.846. The van der Waals surface area contributed by atoms with Gasteiger partial charge >= 0.3 is 5.97 Å². The van der Waals surface area contributed by atoms with Crippen molar-refractivity contribution in [2.75, 3.05) is 0 Å². The number of nitrogens with zero attached hydrogens (tertiary/aromatic N) is 2. The molecule has 6 heteroatoms. The van der Waals surface area contributed by atoms with Gasteiger partial charge in [-0.1, -0.05) is 12.8 Å². The Kier molecular flexibility index (Phi) is 4.19. The smallest absolute Gasteiger partial charge is 0.305 e. The van der Waals surface area contributed by atoms with Crippen LogP contribution in [0.25, 0.3) is 0 Å². The molecule has 2 N–H and O–H groups in total. The van der Waals surface area contributed by atoms with E-state index in [0.29, 0.717) is 11.7 Å². The molecule has 1 aromatic rings. The Bertz CT molecular complexity index is 463. The number of carbonyl (C=O) groups is 2. The monoisotopic (exact) mass is 265 g/mol. The lowest BCUT2D eigenvalue weighted by molar-refractivity contribution is -0.137. The number of nitrogens with one attached hydrogen (secondary N) is 1. The average molecular weight is 265 g/mol. The minimum Gasteiger partial charge on any atom is -0.481 e. The van der Waals surface area contributed by atoms with Gasteiger partial charge in [0.15, 0.2) is 0 Å². The number of carboxylic acids is 1. The molecule has 1 heterocycles. The first-order valence-corrected chi connectivity index (χ1v) is 6.64. The van der Waals surface area contributed by atoms with Gasteiger partial charge < -0.3 is 10.4 Å². The van der Waals surface area contributed by atoms with Gasteiger partial charge in [-0.15, -0.1) is 0 Å². The normalized spacial score (nSPS) is 17.3. The highest BCUT2D eigenvalue weighted by atomic mass is 16.4. The molecule has 1 aliphatic rings. The number of carbonyl (C=O) groups excluding carboxylic acids is 1. The molecular weight excluding hydrogens is 246 g/mol. The zero-order valence-corrected chi connectivity index (χ0v) is 11.0. The van der Waals surface area contributed by atoms with Crippen LogP contribution >= 0.6 is 0 Å². The van der Waals surface area contributed by atoms with Crippen molar-refractivity contribution in [3.05, 3.63) is 18.0 Å². The summed E-state index contributed by atoms with van der Waals surface area (Å²) < 4.78 is 1.85. The predicted octanol–water partition coefficient (Wildman–Crippen LogP) is 1.59. The number of amides is 1. The highest BCUT2D eigenvalue weighted by molar-refractivity contribution is 5.92. The van der Waals surface area contributed by atoms with Gasteiger partial charge in [0.05, 0.1) is 12.5 Å². The van der Waals surface area contributed by atoms with Crippen molar-refractivity contribution < 1.29 is 14.7 Å². The van der Waals surface area contributed by atoms with Crippen LogP contribution in [-0.2, 0) is 4.79 Å². The van der Waals surface area contributed by atoms with Gasteiger partial charge in [0.1, 0.15) is 5.69 Å². The van der Waals surface area contributed by atoms with E-state index in [9.17, 15) is 9.59 Å². The SMILES string of the molecule is CC(CC(=O)O)NC(=O)c1ccn(C2CCCC2)n1. The van der Waals surface area contributed by atoms with Crippen LogP contribution in [0.4, 0.5) is 0 Å². The van der Waals surface area contributed by atoms with Gasteiger partial charge in [0.2, 0.25) is 0 Å². The van der Waals surface area contributed by atoms with Crippen LogP contribution < -0.4 is 5.32 Å². The fraction of sp³-hybridized carbons (Fsp3) is 0.615. The lowest BCUT2D eigenvalue weighted by Crippen LogP contribution is -2.34. The van der Waals surface area contributed by atoms with E-state index in [0.717, 1.165) is 12.8 Å². The lowest BCUT2D eigenvalue weighted by Gasteiger charge is -2.11. The summed E-state index contributed by atoms with van der Waals surface area (Å²) in [6.07, 6.45) is 6.38. The first-order chi connectivity index (χ1) is 9.06. The Hall–Kier alpha value is -1.85. The van der Waals surface area contributed by atoms with E-state index >= 15 is 0 Å². The van der Waals surface area contributed by atoms with Crippen LogP contribution in [0.2, 0.25) is 0 Å². The van der Waals surface area contributed by atoms with Crippen molar-refractivity contribution in [2.45, 2.75) is 51.1 Å². The minimum absolute atomic E-state index is 0.0882. The molecule has 0 spiro atoms. The van der Waals surface area contributed by atoms with Crippen molar-refractivity contribution in [2.24, 2.45) is 0 Å². The van der Waals surface area contributed by atoms with Gasteiger partial charge in [-0.3, -0.25) is 14.3 Å². The standard InChI is InChI=1S/C13H19N3O3/c1-9(8-12(17)18)14-13(19)11-6-7-16(15-11)10-4-2-3-5-10/h6-7,9-10H,2-5,8H2,1H3,(H,14,19)(H,17,18). The van der Waals surface area contributed by atoms with E-state index in [1.54, 1.807) is 13.0 Å². The van der Waals surface area contributed by atoms with E-state index < -0.39 is 12.0 Å². The lowest BCUT2D eigenvalue weighted by atomic mass is 10.2. The van der Waals surface area contributed by atoms with Crippen LogP contribution in [0.5, 0.6) is 0 Å². The Morgan fingerprint density at radius 2 is 2.21 bits per heavy atom. The number of aliphatic carboxylic acids is 1. The predicted molar refractivity (Wildman–Crippen MR) is 68.9 cm³/mol. The number of rotatable bonds is 5. The topological polar surface area (TPSA) is 84.2 Å². The molecule has 104 valence electrons. The molecule has 0 bridgehead atoms. The zero-order chi connectivity index (χ0) is 13.8. The van der Waals surface area contributed by atoms with Crippen LogP contribution in [-0.4, -0.2) is 32.8 Å². The largest absolute Gasteiger partial charge is 0.481 e. The summed E-state index contributed by atoms with van der Waals surface area (Å²) >= 11 is 0. The summed E-state index contributed by atoms with van der Waals surface area (Å²) in [6.45, 7) is 1.67. The second-order valence-corrected chi connectivity index (χ2v) is 5.09. The van der Waals surface area contributed by atoms with E-state index in [-0.39, 0.29) is 12.3 Å². The minimum atomic E-state index is -0.927. The van der Waals surface area contributed by atoms with Crippen molar-refractivity contribution >= 4 is 11.9 Å². The zero-order valence-electron chi connectivity index (χ0n) is 11.0. The van der Waals surface area contributed by atoms with Crippen molar-refractivity contribution in [3.63, 3.8) is 0 Å². The average Bonchev–Trinajstić information content (AvgIpc) is 2.99. The maximum atomic E-state index is 11.9. The fourth-order valence-corrected chi connectivity index (χ4v) is 2.44. The third kappa shape index (κ3) is 3.56. The van der Waals surface area contributed by atoms with E-state index in [4.69, 9.17) is 5.11 Å². The first-order valence-electron chi connectivity index (χ1n) is 6.64. The van der Waals surface area contributed by atoms with Gasteiger partial charge in [0.25, 0.3) is 5.91 Å². The molecule has 1 atom stereocenters. The molecule has 1 saturated carbocycles. The van der Waals surface area contributed by atoms with E-state index in [2.05, 4.69) is 10.4 Å². The summed E-state index contributed by atoms with van der Waals surface area (Å²) in [7, 11) is 0. The summed E-state index contributed by atoms with van der Waals surface area (Å²) in [5.74, 6) is -1.24. The highest BCUT2D eigenvalue weighted by Crippen LogP contribution is 2.28. The van der Waals surface area contributed by atoms with Gasteiger partial charge in [-0.25, -0.2) is 0 Å². The maximum absolute atomic E-state index is 11.9. The number of aromatic nitrogens is 2. The van der Waals surface area contributed by atoms with Crippen LogP contribution in [0.15, 0.2) is 12.3 Å². The number of carboxylic acid groups (broad SMARTS) is 1. The Labute approximate surface area is 111 Å². The summed E-state index contributed by atoms with van der Waals surface area (Å²) in [5.41, 5.74) is 0.351. The number of hydrogen-bond acceptors (Lipinski definition) is 3. The molecule has 2 rings (SSSR count). The molecular formula is C13H19N3O3. The van der Waals surface area contributed by atoms with Gasteiger partial charge in [-0.05, 0) is 25.8 Å². The maximum Gasteiger partial charge on any atom is 0.305 e. The molecule has 19 heavy (non-hydrogen) atoms. The molecule has 1 aliphatic carbocycles. The second-order valence-electron chi connectivity index (χ2n) is 5.09. The highest BCUT2D eigenvalue weighted by Gasteiger charge is 2.20. The molecule has 0 aromatic carbocycles. The summed E-state index contributed by atoms with van der Waals surface area (Å²) in [6, 6.07) is 1.68. The Morgan fingerprint density at radius 3 is 2.84 bits per heavy atom. The molecule has 0 aliphatic heterocycles. The van der Waals surface area contributed by atoms with Gasteiger partial charge in [0, 0.05) is 12.2 Å². The second kappa shape index (κ2) is 5.86.